The first-order chi connectivity index (χ1) is 12.6. The highest BCUT2D eigenvalue weighted by Crippen LogP contribution is 2.26. The molecule has 6 nitrogen and oxygen atoms in total. The molecule has 0 heterocycles. The van der Waals surface area contributed by atoms with Crippen LogP contribution >= 0.6 is 0 Å². The van der Waals surface area contributed by atoms with E-state index in [0.29, 0.717) is 5.56 Å². The molecule has 0 aliphatic carbocycles. The van der Waals surface area contributed by atoms with E-state index < -0.39 is 23.7 Å². The largest absolute Gasteiger partial charge is 0.507 e. The van der Waals surface area contributed by atoms with Crippen molar-refractivity contribution in [1.82, 2.24) is 4.90 Å². The summed E-state index contributed by atoms with van der Waals surface area (Å²) in [6.07, 6.45) is -0.756. The minimum Gasteiger partial charge on any atom is -0.507 e. The van der Waals surface area contributed by atoms with E-state index in [2.05, 4.69) is 11.8 Å². The second kappa shape index (κ2) is 8.00. The summed E-state index contributed by atoms with van der Waals surface area (Å²) in [6.45, 7) is 6.35. The van der Waals surface area contributed by atoms with Crippen LogP contribution in [0.5, 0.6) is 5.75 Å². The van der Waals surface area contributed by atoms with Crippen LogP contribution in [-0.4, -0.2) is 45.4 Å². The molecule has 2 N–H and O–H groups in total. The Morgan fingerprint density at radius 1 is 1.19 bits per heavy atom. The van der Waals surface area contributed by atoms with Gasteiger partial charge in [-0.05, 0) is 39.1 Å². The summed E-state index contributed by atoms with van der Waals surface area (Å²) in [5, 5.41) is 21.1. The van der Waals surface area contributed by atoms with Crippen molar-refractivity contribution in [3.63, 3.8) is 0 Å². The first kappa shape index (κ1) is 20.1. The van der Waals surface area contributed by atoms with E-state index >= 15 is 0 Å². The number of nitrogens with zero attached hydrogens (tertiary/aromatic N) is 1. The van der Waals surface area contributed by atoms with Gasteiger partial charge < -0.3 is 14.9 Å². The van der Waals surface area contributed by atoms with Crippen LogP contribution in [0.25, 0.3) is 10.8 Å². The number of hydrogen-bond donors (Lipinski definition) is 2. The molecule has 142 valence electrons. The minimum absolute atomic E-state index is 0.0244. The lowest BCUT2D eigenvalue weighted by Gasteiger charge is -2.28. The van der Waals surface area contributed by atoms with Gasteiger partial charge in [0.15, 0.2) is 0 Å². The zero-order valence-corrected chi connectivity index (χ0v) is 15.8. The summed E-state index contributed by atoms with van der Waals surface area (Å²) >= 11 is 0. The highest BCUT2D eigenvalue weighted by molar-refractivity contribution is 5.90. The first-order valence-corrected chi connectivity index (χ1v) is 8.52. The fourth-order valence-electron chi connectivity index (χ4n) is 2.42. The van der Waals surface area contributed by atoms with Crippen LogP contribution in [0.15, 0.2) is 36.4 Å². The van der Waals surface area contributed by atoms with Crippen LogP contribution in [0.2, 0.25) is 0 Å². The van der Waals surface area contributed by atoms with Gasteiger partial charge in [0.2, 0.25) is 0 Å². The van der Waals surface area contributed by atoms with E-state index in [0.717, 1.165) is 15.7 Å². The molecule has 0 bridgehead atoms. The van der Waals surface area contributed by atoms with Gasteiger partial charge in [-0.2, -0.15) is 0 Å². The Kier molecular flexibility index (Phi) is 5.96. The van der Waals surface area contributed by atoms with Gasteiger partial charge in [-0.15, -0.1) is 0 Å². The molecular formula is C21H23NO5. The number of rotatable bonds is 3. The van der Waals surface area contributed by atoms with Crippen molar-refractivity contribution in [2.45, 2.75) is 39.3 Å². The second-order valence-electron chi connectivity index (χ2n) is 7.11. The fourth-order valence-corrected chi connectivity index (χ4v) is 2.42. The molecule has 0 spiro atoms. The van der Waals surface area contributed by atoms with E-state index in [4.69, 9.17) is 4.74 Å². The first-order valence-electron chi connectivity index (χ1n) is 8.52. The van der Waals surface area contributed by atoms with E-state index in [-0.39, 0.29) is 12.3 Å². The molecule has 0 aliphatic heterocycles. The number of carboxylic acid groups (broad SMARTS) is 1. The van der Waals surface area contributed by atoms with Crippen LogP contribution in [0, 0.1) is 11.8 Å². The SMILES string of the molecule is C[C@@H](C(=O)O)N(CC#Cc1c(O)ccc2ccccc12)C(=O)OC(C)(C)C. The van der Waals surface area contributed by atoms with Crippen molar-refractivity contribution in [2.24, 2.45) is 0 Å². The topological polar surface area (TPSA) is 87.1 Å². The van der Waals surface area contributed by atoms with E-state index in [9.17, 15) is 19.8 Å². The van der Waals surface area contributed by atoms with Gasteiger partial charge in [0.1, 0.15) is 17.4 Å². The number of hydrogen-bond acceptors (Lipinski definition) is 4. The Bertz CT molecular complexity index is 918. The molecule has 27 heavy (non-hydrogen) atoms. The molecule has 2 aromatic carbocycles. The van der Waals surface area contributed by atoms with Crippen molar-refractivity contribution < 1.29 is 24.5 Å². The zero-order valence-electron chi connectivity index (χ0n) is 15.8. The number of phenols is 1. The lowest BCUT2D eigenvalue weighted by atomic mass is 10.0. The Morgan fingerprint density at radius 3 is 2.48 bits per heavy atom. The Balaban J connectivity index is 2.32. The number of carboxylic acids is 1. The third kappa shape index (κ3) is 5.14. The lowest BCUT2D eigenvalue weighted by molar-refractivity contribution is -0.142. The molecule has 2 aromatic rings. The van der Waals surface area contributed by atoms with Gasteiger partial charge in [0, 0.05) is 5.39 Å². The van der Waals surface area contributed by atoms with Crippen LogP contribution in [0.4, 0.5) is 4.79 Å². The number of aliphatic carboxylic acids is 1. The Labute approximate surface area is 158 Å². The van der Waals surface area contributed by atoms with Crippen LogP contribution < -0.4 is 0 Å². The molecule has 2 rings (SSSR count). The van der Waals surface area contributed by atoms with Crippen molar-refractivity contribution in [3.8, 4) is 17.6 Å². The summed E-state index contributed by atoms with van der Waals surface area (Å²) < 4.78 is 5.27. The van der Waals surface area contributed by atoms with Crippen LogP contribution in [-0.2, 0) is 9.53 Å². The molecule has 1 atom stereocenters. The van der Waals surface area contributed by atoms with E-state index in [1.807, 2.05) is 24.3 Å². The fraction of sp³-hybridized carbons (Fsp3) is 0.333. The number of carbonyl (C=O) groups is 2. The minimum atomic E-state index is -1.16. The third-order valence-electron chi connectivity index (χ3n) is 3.82. The number of fused-ring (bicyclic) bond motifs is 1. The lowest BCUT2D eigenvalue weighted by Crippen LogP contribution is -2.45. The van der Waals surface area contributed by atoms with Gasteiger partial charge in [0.05, 0.1) is 12.1 Å². The predicted octanol–water partition coefficient (Wildman–Crippen LogP) is 3.61. The van der Waals surface area contributed by atoms with Crippen molar-refractivity contribution >= 4 is 22.8 Å². The average molecular weight is 369 g/mol. The molecule has 0 aromatic heterocycles. The monoisotopic (exact) mass is 369 g/mol. The molecule has 6 heteroatoms. The molecular weight excluding hydrogens is 346 g/mol. The number of benzene rings is 2. The summed E-state index contributed by atoms with van der Waals surface area (Å²) in [7, 11) is 0. The van der Waals surface area contributed by atoms with Gasteiger partial charge in [-0.1, -0.05) is 42.2 Å². The number of phenolic OH excluding ortho intramolecular Hbond substituents is 1. The molecule has 0 aliphatic rings. The third-order valence-corrected chi connectivity index (χ3v) is 3.82. The second-order valence-corrected chi connectivity index (χ2v) is 7.11. The Morgan fingerprint density at radius 2 is 1.85 bits per heavy atom. The smallest absolute Gasteiger partial charge is 0.411 e. The maximum Gasteiger partial charge on any atom is 0.411 e. The predicted molar refractivity (Wildman–Crippen MR) is 103 cm³/mol. The number of ether oxygens (including phenoxy) is 1. The zero-order chi connectivity index (χ0) is 20.2. The molecule has 0 fully saturated rings. The molecule has 1 amide bonds. The normalized spacial score (nSPS) is 12.0. The number of amides is 1. The summed E-state index contributed by atoms with van der Waals surface area (Å²) in [5.74, 6) is 4.51. The van der Waals surface area contributed by atoms with Gasteiger partial charge >= 0.3 is 12.1 Å². The molecule has 0 radical (unpaired) electrons. The highest BCUT2D eigenvalue weighted by atomic mass is 16.6. The maximum atomic E-state index is 12.3. The number of carbonyl (C=O) groups excluding carboxylic acids is 1. The number of aromatic hydroxyl groups is 1. The molecule has 0 saturated carbocycles. The molecule has 0 unspecified atom stereocenters. The highest BCUT2D eigenvalue weighted by Gasteiger charge is 2.29. The Hall–Kier alpha value is -3.20. The quantitative estimate of drug-likeness (QED) is 0.807. The maximum absolute atomic E-state index is 12.3. The van der Waals surface area contributed by atoms with Crippen molar-refractivity contribution in [2.75, 3.05) is 6.54 Å². The van der Waals surface area contributed by atoms with Gasteiger partial charge in [0.25, 0.3) is 0 Å². The average Bonchev–Trinajstić information content (AvgIpc) is 2.58. The standard InChI is InChI=1S/C21H23NO5/c1-14(19(24)25)22(20(26)27-21(2,3)4)13-7-10-17-16-9-6-5-8-15(16)11-12-18(17)23/h5-6,8-9,11-12,14,23H,13H2,1-4H3,(H,24,25)/t14-/m0/s1. The van der Waals surface area contributed by atoms with Crippen molar-refractivity contribution in [1.29, 1.82) is 0 Å². The van der Waals surface area contributed by atoms with Crippen LogP contribution in [0.1, 0.15) is 33.3 Å². The van der Waals surface area contributed by atoms with Gasteiger partial charge in [-0.3, -0.25) is 4.90 Å². The summed E-state index contributed by atoms with van der Waals surface area (Å²) in [4.78, 5) is 24.7. The van der Waals surface area contributed by atoms with E-state index in [1.165, 1.54) is 6.92 Å². The summed E-state index contributed by atoms with van der Waals surface area (Å²) in [5.41, 5.74) is -0.324. The van der Waals surface area contributed by atoms with Crippen LogP contribution in [0.3, 0.4) is 0 Å². The summed E-state index contributed by atoms with van der Waals surface area (Å²) in [6, 6.07) is 9.70. The molecule has 0 saturated heterocycles. The van der Waals surface area contributed by atoms with E-state index in [1.54, 1.807) is 32.9 Å². The van der Waals surface area contributed by atoms with Crippen molar-refractivity contribution in [3.05, 3.63) is 42.0 Å². The van der Waals surface area contributed by atoms with Gasteiger partial charge in [-0.25, -0.2) is 9.59 Å².